The molecule has 1 fully saturated rings. The summed E-state index contributed by atoms with van der Waals surface area (Å²) in [6.45, 7) is 1.43. The minimum Gasteiger partial charge on any atom is -0.491 e. The summed E-state index contributed by atoms with van der Waals surface area (Å²) in [7, 11) is 0. The zero-order valence-electron chi connectivity index (χ0n) is 15.3. The van der Waals surface area contributed by atoms with Gasteiger partial charge in [0.25, 0.3) is 0 Å². The molecule has 0 aliphatic heterocycles. The fourth-order valence-electron chi connectivity index (χ4n) is 3.23. The summed E-state index contributed by atoms with van der Waals surface area (Å²) in [4.78, 5) is 0. The molecule has 2 aromatic carbocycles. The summed E-state index contributed by atoms with van der Waals surface area (Å²) in [5.41, 5.74) is 1.14. The number of hydrogen-bond acceptors (Lipinski definition) is 4. The van der Waals surface area contributed by atoms with Crippen molar-refractivity contribution in [2.45, 2.75) is 50.9 Å². The average Bonchev–Trinajstić information content (AvgIpc) is 2.71. The van der Waals surface area contributed by atoms with Crippen LogP contribution < -0.4 is 14.8 Å². The van der Waals surface area contributed by atoms with Crippen molar-refractivity contribution in [1.29, 1.82) is 0 Å². The quantitative estimate of drug-likeness (QED) is 0.716. The molecular formula is C22H29NO3. The Balaban J connectivity index is 1.35. The number of ether oxygens (including phenoxy) is 2. The standard InChI is InChI=1S/C22H29NO3/c24-20(15-23-19-9-5-2-6-10-19)17-26-22-13-11-21(12-14-22)25-16-18-7-3-1-4-8-18/h1,3-4,7-8,11-14,19-20,23-24H,2,5-6,9-10,15-17H2/t20-/m0/s1. The molecule has 0 spiro atoms. The Bertz CT molecular complexity index is 624. The molecule has 0 amide bonds. The Morgan fingerprint density at radius 1 is 0.885 bits per heavy atom. The molecular weight excluding hydrogens is 326 g/mol. The molecule has 1 atom stereocenters. The van der Waals surface area contributed by atoms with Gasteiger partial charge in [-0.1, -0.05) is 49.6 Å². The Morgan fingerprint density at radius 2 is 1.54 bits per heavy atom. The van der Waals surface area contributed by atoms with Crippen molar-refractivity contribution in [3.8, 4) is 11.5 Å². The van der Waals surface area contributed by atoms with Crippen LogP contribution in [0.25, 0.3) is 0 Å². The van der Waals surface area contributed by atoms with E-state index in [1.807, 2.05) is 54.6 Å². The zero-order chi connectivity index (χ0) is 18.0. The molecule has 2 N–H and O–H groups in total. The Kier molecular flexibility index (Phi) is 7.35. The molecule has 2 aromatic rings. The van der Waals surface area contributed by atoms with Gasteiger partial charge in [-0.2, -0.15) is 0 Å². The van der Waals surface area contributed by atoms with E-state index in [2.05, 4.69) is 5.32 Å². The number of rotatable bonds is 9. The summed E-state index contributed by atoms with van der Waals surface area (Å²) in [5.74, 6) is 1.55. The summed E-state index contributed by atoms with van der Waals surface area (Å²) < 4.78 is 11.4. The largest absolute Gasteiger partial charge is 0.491 e. The number of benzene rings is 2. The van der Waals surface area contributed by atoms with Gasteiger partial charge in [0.1, 0.15) is 30.8 Å². The zero-order valence-corrected chi connectivity index (χ0v) is 15.3. The van der Waals surface area contributed by atoms with E-state index in [0.29, 0.717) is 25.8 Å². The van der Waals surface area contributed by atoms with E-state index in [0.717, 1.165) is 17.1 Å². The van der Waals surface area contributed by atoms with Crippen LogP contribution in [-0.4, -0.2) is 30.4 Å². The lowest BCUT2D eigenvalue weighted by Gasteiger charge is -2.24. The van der Waals surface area contributed by atoms with Gasteiger partial charge < -0.3 is 19.9 Å². The highest BCUT2D eigenvalue weighted by molar-refractivity contribution is 5.31. The van der Waals surface area contributed by atoms with E-state index < -0.39 is 6.10 Å². The highest BCUT2D eigenvalue weighted by Gasteiger charge is 2.14. The monoisotopic (exact) mass is 355 g/mol. The first-order valence-electron chi connectivity index (χ1n) is 9.60. The summed E-state index contributed by atoms with van der Waals surface area (Å²) in [6, 6.07) is 18.2. The van der Waals surface area contributed by atoms with E-state index in [9.17, 15) is 5.11 Å². The van der Waals surface area contributed by atoms with Crippen LogP contribution in [0, 0.1) is 0 Å². The van der Waals surface area contributed by atoms with Gasteiger partial charge in [0.15, 0.2) is 0 Å². The lowest BCUT2D eigenvalue weighted by Crippen LogP contribution is -2.38. The van der Waals surface area contributed by atoms with Crippen molar-refractivity contribution >= 4 is 0 Å². The first-order chi connectivity index (χ1) is 12.8. The maximum atomic E-state index is 10.1. The van der Waals surface area contributed by atoms with Crippen LogP contribution in [0.2, 0.25) is 0 Å². The maximum Gasteiger partial charge on any atom is 0.120 e. The van der Waals surface area contributed by atoms with Gasteiger partial charge in [0, 0.05) is 12.6 Å². The van der Waals surface area contributed by atoms with Crippen LogP contribution in [0.4, 0.5) is 0 Å². The molecule has 0 aromatic heterocycles. The normalized spacial score (nSPS) is 16.2. The van der Waals surface area contributed by atoms with Gasteiger partial charge in [0.2, 0.25) is 0 Å². The molecule has 1 saturated carbocycles. The van der Waals surface area contributed by atoms with Crippen molar-refractivity contribution in [1.82, 2.24) is 5.32 Å². The van der Waals surface area contributed by atoms with Crippen LogP contribution in [0.15, 0.2) is 54.6 Å². The molecule has 1 aliphatic carbocycles. The van der Waals surface area contributed by atoms with Crippen molar-refractivity contribution in [2.75, 3.05) is 13.2 Å². The number of aliphatic hydroxyl groups excluding tert-OH is 1. The first-order valence-corrected chi connectivity index (χ1v) is 9.60. The van der Waals surface area contributed by atoms with Crippen molar-refractivity contribution in [3.05, 3.63) is 60.2 Å². The maximum absolute atomic E-state index is 10.1. The number of aliphatic hydroxyl groups is 1. The van der Waals surface area contributed by atoms with E-state index in [4.69, 9.17) is 9.47 Å². The minimum absolute atomic E-state index is 0.296. The lowest BCUT2D eigenvalue weighted by atomic mass is 9.95. The van der Waals surface area contributed by atoms with Crippen LogP contribution in [0.5, 0.6) is 11.5 Å². The second-order valence-electron chi connectivity index (χ2n) is 6.95. The molecule has 4 nitrogen and oxygen atoms in total. The van der Waals surface area contributed by atoms with Gasteiger partial charge >= 0.3 is 0 Å². The first kappa shape index (κ1) is 18.7. The molecule has 0 heterocycles. The molecule has 0 bridgehead atoms. The predicted octanol–water partition coefficient (Wildman–Crippen LogP) is 3.93. The van der Waals surface area contributed by atoms with Gasteiger partial charge in [0.05, 0.1) is 0 Å². The van der Waals surface area contributed by atoms with E-state index >= 15 is 0 Å². The molecule has 0 radical (unpaired) electrons. The van der Waals surface area contributed by atoms with E-state index in [-0.39, 0.29) is 0 Å². The van der Waals surface area contributed by atoms with E-state index in [1.54, 1.807) is 0 Å². The van der Waals surface area contributed by atoms with Crippen molar-refractivity contribution < 1.29 is 14.6 Å². The van der Waals surface area contributed by atoms with Gasteiger partial charge in [-0.25, -0.2) is 0 Å². The lowest BCUT2D eigenvalue weighted by molar-refractivity contribution is 0.102. The third-order valence-electron chi connectivity index (χ3n) is 4.76. The van der Waals surface area contributed by atoms with Gasteiger partial charge in [-0.15, -0.1) is 0 Å². The van der Waals surface area contributed by atoms with Gasteiger partial charge in [-0.05, 0) is 42.7 Å². The molecule has 140 valence electrons. The summed E-state index contributed by atoms with van der Waals surface area (Å²) in [5, 5.41) is 13.5. The van der Waals surface area contributed by atoms with Crippen molar-refractivity contribution in [3.63, 3.8) is 0 Å². The third-order valence-corrected chi connectivity index (χ3v) is 4.76. The molecule has 3 rings (SSSR count). The molecule has 26 heavy (non-hydrogen) atoms. The Hall–Kier alpha value is -2.04. The fraction of sp³-hybridized carbons (Fsp3) is 0.455. The topological polar surface area (TPSA) is 50.7 Å². The molecule has 4 heteroatoms. The highest BCUT2D eigenvalue weighted by Crippen LogP contribution is 2.19. The van der Waals surface area contributed by atoms with Crippen LogP contribution in [0.3, 0.4) is 0 Å². The van der Waals surface area contributed by atoms with Crippen LogP contribution >= 0.6 is 0 Å². The number of nitrogens with one attached hydrogen (secondary N) is 1. The second kappa shape index (κ2) is 10.2. The highest BCUT2D eigenvalue weighted by atomic mass is 16.5. The van der Waals surface area contributed by atoms with Crippen LogP contribution in [-0.2, 0) is 6.61 Å². The minimum atomic E-state index is -0.495. The average molecular weight is 355 g/mol. The molecule has 1 aliphatic rings. The Labute approximate surface area is 156 Å². The molecule has 0 unspecified atom stereocenters. The predicted molar refractivity (Wildman–Crippen MR) is 104 cm³/mol. The Morgan fingerprint density at radius 3 is 2.23 bits per heavy atom. The summed E-state index contributed by atoms with van der Waals surface area (Å²) in [6.07, 6.45) is 5.88. The van der Waals surface area contributed by atoms with Gasteiger partial charge in [-0.3, -0.25) is 0 Å². The third kappa shape index (κ3) is 6.36. The van der Waals surface area contributed by atoms with Crippen LogP contribution in [0.1, 0.15) is 37.7 Å². The smallest absolute Gasteiger partial charge is 0.120 e. The van der Waals surface area contributed by atoms with Crippen molar-refractivity contribution in [2.24, 2.45) is 0 Å². The second-order valence-corrected chi connectivity index (χ2v) is 6.95. The number of hydrogen-bond donors (Lipinski definition) is 2. The SMILES string of the molecule is O[C@@H](CNC1CCCCC1)COc1ccc(OCc2ccccc2)cc1. The van der Waals surface area contributed by atoms with E-state index in [1.165, 1.54) is 32.1 Å². The summed E-state index contributed by atoms with van der Waals surface area (Å²) >= 11 is 0. The molecule has 0 saturated heterocycles. The fourth-order valence-corrected chi connectivity index (χ4v) is 3.23.